The van der Waals surface area contributed by atoms with Gasteiger partial charge >= 0.3 is 0 Å². The van der Waals surface area contributed by atoms with Gasteiger partial charge in [0.25, 0.3) is 0 Å². The Hall–Kier alpha value is -4.08. The SMILES string of the molecule is COc1ccc(-c2noc(CCCC(=O)COc3cc(O)c4c(c3)OC(C)(C)CC4=O)n2)cc1OC. The van der Waals surface area contributed by atoms with Gasteiger partial charge in [-0.15, -0.1) is 0 Å². The quantitative estimate of drug-likeness (QED) is 0.436. The molecule has 1 aromatic heterocycles. The maximum atomic E-state index is 12.3. The molecule has 0 aliphatic carbocycles. The minimum atomic E-state index is -0.682. The number of nitrogens with zero attached hydrogens (tertiary/aromatic N) is 2. The van der Waals surface area contributed by atoms with Gasteiger partial charge in [0.05, 0.1) is 20.6 Å². The first kappa shape index (κ1) is 25.0. The maximum Gasteiger partial charge on any atom is 0.226 e. The molecule has 4 rings (SSSR count). The molecule has 36 heavy (non-hydrogen) atoms. The lowest BCUT2D eigenvalue weighted by molar-refractivity contribution is -0.121. The van der Waals surface area contributed by atoms with Crippen LogP contribution in [0, 0.1) is 0 Å². The van der Waals surface area contributed by atoms with Crippen molar-refractivity contribution in [3.63, 3.8) is 0 Å². The number of hydrogen-bond acceptors (Lipinski definition) is 10. The summed E-state index contributed by atoms with van der Waals surface area (Å²) in [7, 11) is 3.11. The largest absolute Gasteiger partial charge is 0.507 e. The Morgan fingerprint density at radius 3 is 2.67 bits per heavy atom. The molecular weight excluding hydrogens is 468 g/mol. The zero-order valence-electron chi connectivity index (χ0n) is 20.6. The number of ether oxygens (including phenoxy) is 4. The van der Waals surface area contributed by atoms with Gasteiger partial charge in [0.15, 0.2) is 23.1 Å². The van der Waals surface area contributed by atoms with Crippen molar-refractivity contribution >= 4 is 11.6 Å². The molecule has 10 nitrogen and oxygen atoms in total. The Balaban J connectivity index is 1.29. The van der Waals surface area contributed by atoms with Crippen LogP contribution < -0.4 is 18.9 Å². The van der Waals surface area contributed by atoms with E-state index in [1.54, 1.807) is 46.3 Å². The first-order valence-electron chi connectivity index (χ1n) is 11.5. The molecule has 1 N–H and O–H groups in total. The number of hydrogen-bond donors (Lipinski definition) is 1. The molecule has 0 saturated heterocycles. The van der Waals surface area contributed by atoms with E-state index in [9.17, 15) is 14.7 Å². The van der Waals surface area contributed by atoms with Gasteiger partial charge in [-0.3, -0.25) is 9.59 Å². The molecule has 3 aromatic rings. The second-order valence-electron chi connectivity index (χ2n) is 9.04. The second kappa shape index (κ2) is 10.3. The van der Waals surface area contributed by atoms with E-state index < -0.39 is 5.60 Å². The third-order valence-corrected chi connectivity index (χ3v) is 5.66. The fourth-order valence-corrected chi connectivity index (χ4v) is 3.95. The third-order valence-electron chi connectivity index (χ3n) is 5.66. The van der Waals surface area contributed by atoms with E-state index in [4.69, 9.17) is 23.5 Å². The van der Waals surface area contributed by atoms with Gasteiger partial charge in [0, 0.05) is 30.5 Å². The molecule has 0 unspecified atom stereocenters. The number of methoxy groups -OCH3 is 2. The zero-order chi connectivity index (χ0) is 25.9. The van der Waals surface area contributed by atoms with Crippen LogP contribution in [-0.2, 0) is 11.2 Å². The summed E-state index contributed by atoms with van der Waals surface area (Å²) in [6.45, 7) is 3.40. The predicted molar refractivity (Wildman–Crippen MR) is 128 cm³/mol. The summed E-state index contributed by atoms with van der Waals surface area (Å²) in [6.07, 6.45) is 1.34. The lowest BCUT2D eigenvalue weighted by atomic mass is 9.92. The van der Waals surface area contributed by atoms with Crippen molar-refractivity contribution in [2.45, 2.75) is 45.1 Å². The number of aromatic hydroxyl groups is 1. The Bertz CT molecular complexity index is 1280. The van der Waals surface area contributed by atoms with E-state index in [1.165, 1.54) is 12.1 Å². The van der Waals surface area contributed by atoms with E-state index in [2.05, 4.69) is 10.1 Å². The summed E-state index contributed by atoms with van der Waals surface area (Å²) in [5.74, 6) is 1.93. The zero-order valence-corrected chi connectivity index (χ0v) is 20.6. The Morgan fingerprint density at radius 2 is 1.92 bits per heavy atom. The number of fused-ring (bicyclic) bond motifs is 1. The summed E-state index contributed by atoms with van der Waals surface area (Å²) >= 11 is 0. The van der Waals surface area contributed by atoms with Crippen LogP contribution in [-0.4, -0.2) is 53.2 Å². The summed E-state index contributed by atoms with van der Waals surface area (Å²) in [6, 6.07) is 8.16. The number of rotatable bonds is 10. The number of carbonyl (C=O) groups is 2. The molecule has 2 heterocycles. The summed E-state index contributed by atoms with van der Waals surface area (Å²) < 4.78 is 27.2. The minimum Gasteiger partial charge on any atom is -0.507 e. The van der Waals surface area contributed by atoms with Gasteiger partial charge in [0.1, 0.15) is 35.0 Å². The number of ketones is 2. The van der Waals surface area contributed by atoms with E-state index in [1.807, 2.05) is 0 Å². The fourth-order valence-electron chi connectivity index (χ4n) is 3.95. The first-order valence-corrected chi connectivity index (χ1v) is 11.5. The summed E-state index contributed by atoms with van der Waals surface area (Å²) in [4.78, 5) is 29.0. The molecule has 1 aliphatic heterocycles. The highest BCUT2D eigenvalue weighted by Gasteiger charge is 2.35. The Kier molecular flexibility index (Phi) is 7.14. The maximum absolute atomic E-state index is 12.3. The van der Waals surface area contributed by atoms with Crippen molar-refractivity contribution < 1.29 is 38.2 Å². The Labute approximate surface area is 208 Å². The van der Waals surface area contributed by atoms with Gasteiger partial charge in [-0.2, -0.15) is 4.98 Å². The highest BCUT2D eigenvalue weighted by atomic mass is 16.5. The first-order chi connectivity index (χ1) is 17.2. The predicted octanol–water partition coefficient (Wildman–Crippen LogP) is 4.17. The fraction of sp³-hybridized carbons (Fsp3) is 0.385. The lowest BCUT2D eigenvalue weighted by Gasteiger charge is -2.32. The van der Waals surface area contributed by atoms with Gasteiger partial charge in [-0.25, -0.2) is 0 Å². The number of phenolic OH excluding ortho intramolecular Hbond substituents is 1. The molecule has 190 valence electrons. The number of Topliss-reactive ketones (excluding diaryl/α,β-unsaturated/α-hetero) is 2. The summed E-state index contributed by atoms with van der Waals surface area (Å²) in [5.41, 5.74) is 0.174. The molecule has 0 fully saturated rings. The van der Waals surface area contributed by atoms with Gasteiger partial charge < -0.3 is 28.6 Å². The van der Waals surface area contributed by atoms with E-state index >= 15 is 0 Å². The van der Waals surface area contributed by atoms with Crippen LogP contribution in [0.15, 0.2) is 34.9 Å². The van der Waals surface area contributed by atoms with Gasteiger partial charge in [-0.05, 0) is 38.5 Å². The number of aryl methyl sites for hydroxylation is 1. The molecule has 0 atom stereocenters. The van der Waals surface area contributed by atoms with Crippen LogP contribution >= 0.6 is 0 Å². The molecule has 0 radical (unpaired) electrons. The molecule has 10 heteroatoms. The van der Waals surface area contributed by atoms with Crippen molar-refractivity contribution in [2.75, 3.05) is 20.8 Å². The van der Waals surface area contributed by atoms with Crippen LogP contribution in [0.5, 0.6) is 28.7 Å². The van der Waals surface area contributed by atoms with Crippen LogP contribution in [0.25, 0.3) is 11.4 Å². The van der Waals surface area contributed by atoms with Crippen molar-refractivity contribution in [1.82, 2.24) is 10.1 Å². The number of benzene rings is 2. The van der Waals surface area contributed by atoms with E-state index in [0.29, 0.717) is 36.1 Å². The normalized spacial score (nSPS) is 14.1. The standard InChI is InChI=1S/C26H28N2O8/c1-26(2)13-19(31)24-18(30)11-17(12-22(24)35-26)34-14-16(29)6-5-7-23-27-25(28-36-23)15-8-9-20(32-3)21(10-15)33-4/h8-12,30H,5-7,13-14H2,1-4H3. The van der Waals surface area contributed by atoms with Crippen molar-refractivity contribution in [3.8, 4) is 40.1 Å². The lowest BCUT2D eigenvalue weighted by Crippen LogP contribution is -2.35. The highest BCUT2D eigenvalue weighted by molar-refractivity contribution is 6.03. The summed E-state index contributed by atoms with van der Waals surface area (Å²) in [5, 5.41) is 14.2. The average molecular weight is 497 g/mol. The van der Waals surface area contributed by atoms with Crippen LogP contribution in [0.2, 0.25) is 0 Å². The monoisotopic (exact) mass is 496 g/mol. The number of carbonyl (C=O) groups excluding carboxylic acids is 2. The topological polar surface area (TPSA) is 130 Å². The average Bonchev–Trinajstić information content (AvgIpc) is 3.29. The number of aromatic nitrogens is 2. The van der Waals surface area contributed by atoms with Crippen LogP contribution in [0.4, 0.5) is 0 Å². The molecule has 2 aromatic carbocycles. The Morgan fingerprint density at radius 1 is 1.14 bits per heavy atom. The second-order valence-corrected chi connectivity index (χ2v) is 9.04. The smallest absolute Gasteiger partial charge is 0.226 e. The van der Waals surface area contributed by atoms with E-state index in [-0.39, 0.29) is 53.8 Å². The number of phenols is 1. The molecular formula is C26H28N2O8. The minimum absolute atomic E-state index is 0.135. The van der Waals surface area contributed by atoms with E-state index in [0.717, 1.165) is 5.56 Å². The van der Waals surface area contributed by atoms with Crippen LogP contribution in [0.1, 0.15) is 49.4 Å². The van der Waals surface area contributed by atoms with Crippen molar-refractivity contribution in [1.29, 1.82) is 0 Å². The van der Waals surface area contributed by atoms with Crippen molar-refractivity contribution in [2.24, 2.45) is 0 Å². The third kappa shape index (κ3) is 5.59. The molecule has 0 saturated carbocycles. The molecule has 0 spiro atoms. The molecule has 0 bridgehead atoms. The van der Waals surface area contributed by atoms with Gasteiger partial charge in [-0.1, -0.05) is 5.16 Å². The van der Waals surface area contributed by atoms with Crippen molar-refractivity contribution in [3.05, 3.63) is 41.8 Å². The molecule has 1 aliphatic rings. The molecule has 0 amide bonds. The highest BCUT2D eigenvalue weighted by Crippen LogP contribution is 2.41. The van der Waals surface area contributed by atoms with Gasteiger partial charge in [0.2, 0.25) is 11.7 Å². The van der Waals surface area contributed by atoms with Crippen LogP contribution in [0.3, 0.4) is 0 Å².